The fourth-order valence-electron chi connectivity index (χ4n) is 1.93. The molecule has 22 heavy (non-hydrogen) atoms. The molecule has 0 aromatic carbocycles. The molecule has 0 atom stereocenters. The molecule has 3 rings (SSSR count). The second kappa shape index (κ2) is 6.79. The van der Waals surface area contributed by atoms with Crippen molar-refractivity contribution < 1.29 is 4.39 Å². The molecule has 116 valence electrons. The normalized spacial score (nSPS) is 10.7. The van der Waals surface area contributed by atoms with E-state index in [0.717, 1.165) is 11.8 Å². The SMILES string of the molecule is CC.CC(C)c1cnn2c(Cl)nc(-c3cncc(F)c3)nc12. The summed E-state index contributed by atoms with van der Waals surface area (Å²) in [6.07, 6.45) is 4.34. The van der Waals surface area contributed by atoms with E-state index in [1.807, 2.05) is 27.7 Å². The van der Waals surface area contributed by atoms with Gasteiger partial charge in [0.2, 0.25) is 5.28 Å². The summed E-state index contributed by atoms with van der Waals surface area (Å²) in [5, 5.41) is 4.34. The molecule has 3 heterocycles. The molecule has 0 spiro atoms. The van der Waals surface area contributed by atoms with E-state index < -0.39 is 5.82 Å². The molecule has 7 heteroatoms. The maximum Gasteiger partial charge on any atom is 0.227 e. The molecule has 0 aliphatic carbocycles. The molecule has 0 bridgehead atoms. The first-order valence-corrected chi connectivity index (χ1v) is 7.46. The molecule has 0 aliphatic rings. The molecular weight excluding hydrogens is 305 g/mol. The van der Waals surface area contributed by atoms with E-state index in [2.05, 4.69) is 20.1 Å². The van der Waals surface area contributed by atoms with E-state index in [9.17, 15) is 4.39 Å². The highest BCUT2D eigenvalue weighted by Crippen LogP contribution is 2.24. The van der Waals surface area contributed by atoms with Gasteiger partial charge in [-0.15, -0.1) is 0 Å². The summed E-state index contributed by atoms with van der Waals surface area (Å²) in [5.74, 6) is 0.133. The van der Waals surface area contributed by atoms with Gasteiger partial charge >= 0.3 is 0 Å². The average Bonchev–Trinajstić information content (AvgIpc) is 2.94. The Kier molecular flexibility index (Phi) is 5.03. The lowest BCUT2D eigenvalue weighted by Crippen LogP contribution is -2.01. The summed E-state index contributed by atoms with van der Waals surface area (Å²) in [6.45, 7) is 8.08. The molecule has 0 radical (unpaired) electrons. The first kappa shape index (κ1) is 16.3. The van der Waals surface area contributed by atoms with Crippen molar-refractivity contribution in [3.8, 4) is 11.4 Å². The van der Waals surface area contributed by atoms with Gasteiger partial charge in [-0.2, -0.15) is 14.6 Å². The van der Waals surface area contributed by atoms with Gasteiger partial charge in [0.15, 0.2) is 11.5 Å². The maximum absolute atomic E-state index is 13.2. The Labute approximate surface area is 133 Å². The van der Waals surface area contributed by atoms with Crippen molar-refractivity contribution in [3.05, 3.63) is 41.3 Å². The Morgan fingerprint density at radius 3 is 2.50 bits per heavy atom. The van der Waals surface area contributed by atoms with Gasteiger partial charge in [0.1, 0.15) is 5.82 Å². The van der Waals surface area contributed by atoms with Crippen molar-refractivity contribution in [3.63, 3.8) is 0 Å². The third-order valence-electron chi connectivity index (χ3n) is 2.94. The lowest BCUT2D eigenvalue weighted by Gasteiger charge is -2.05. The lowest BCUT2D eigenvalue weighted by atomic mass is 10.1. The predicted molar refractivity (Wildman–Crippen MR) is 84.4 cm³/mol. The highest BCUT2D eigenvalue weighted by molar-refractivity contribution is 6.28. The van der Waals surface area contributed by atoms with Crippen molar-refractivity contribution in [2.45, 2.75) is 33.6 Å². The number of hydrogen-bond donors (Lipinski definition) is 0. The van der Waals surface area contributed by atoms with Crippen molar-refractivity contribution in [1.29, 1.82) is 0 Å². The summed E-state index contributed by atoms with van der Waals surface area (Å²) in [7, 11) is 0. The van der Waals surface area contributed by atoms with Crippen molar-refractivity contribution >= 4 is 17.2 Å². The molecule has 0 saturated heterocycles. The number of nitrogens with zero attached hydrogens (tertiary/aromatic N) is 5. The minimum atomic E-state index is -0.445. The third kappa shape index (κ3) is 3.06. The van der Waals surface area contributed by atoms with Crippen LogP contribution in [0.2, 0.25) is 5.28 Å². The van der Waals surface area contributed by atoms with E-state index in [4.69, 9.17) is 11.6 Å². The number of aromatic nitrogens is 5. The zero-order valence-corrected chi connectivity index (χ0v) is 13.6. The van der Waals surface area contributed by atoms with Gasteiger partial charge < -0.3 is 0 Å². The lowest BCUT2D eigenvalue weighted by molar-refractivity contribution is 0.622. The molecule has 0 N–H and O–H groups in total. The van der Waals surface area contributed by atoms with Gasteiger partial charge in [0.25, 0.3) is 0 Å². The summed E-state index contributed by atoms with van der Waals surface area (Å²) in [5.41, 5.74) is 2.06. The van der Waals surface area contributed by atoms with Crippen molar-refractivity contribution in [2.75, 3.05) is 0 Å². The zero-order valence-electron chi connectivity index (χ0n) is 12.9. The Bertz CT molecular complexity index is 785. The highest BCUT2D eigenvalue weighted by Gasteiger charge is 2.15. The molecular formula is C15H17ClFN5. The highest BCUT2D eigenvalue weighted by atomic mass is 35.5. The van der Waals surface area contributed by atoms with Gasteiger partial charge in [-0.05, 0) is 23.6 Å². The topological polar surface area (TPSA) is 56.0 Å². The monoisotopic (exact) mass is 321 g/mol. The molecule has 3 aromatic rings. The number of fused-ring (bicyclic) bond motifs is 1. The van der Waals surface area contributed by atoms with E-state index in [0.29, 0.717) is 17.0 Å². The van der Waals surface area contributed by atoms with Crippen LogP contribution in [0.4, 0.5) is 4.39 Å². The average molecular weight is 322 g/mol. The summed E-state index contributed by atoms with van der Waals surface area (Å²) in [4.78, 5) is 12.4. The molecule has 0 unspecified atom stereocenters. The Morgan fingerprint density at radius 2 is 1.86 bits per heavy atom. The Morgan fingerprint density at radius 1 is 1.14 bits per heavy atom. The number of halogens is 2. The van der Waals surface area contributed by atoms with E-state index in [1.165, 1.54) is 16.8 Å². The molecule has 0 amide bonds. The quantitative estimate of drug-likeness (QED) is 0.712. The maximum atomic E-state index is 13.2. The van der Waals surface area contributed by atoms with Crippen LogP contribution in [0.3, 0.4) is 0 Å². The first-order valence-electron chi connectivity index (χ1n) is 7.08. The molecule has 0 fully saturated rings. The number of pyridine rings is 1. The van der Waals surface area contributed by atoms with Crippen LogP contribution in [0.15, 0.2) is 24.7 Å². The number of hydrogen-bond acceptors (Lipinski definition) is 4. The molecule has 5 nitrogen and oxygen atoms in total. The van der Waals surface area contributed by atoms with Gasteiger partial charge in [0, 0.05) is 17.3 Å². The fourth-order valence-corrected chi connectivity index (χ4v) is 2.14. The fraction of sp³-hybridized carbons (Fsp3) is 0.333. The Balaban J connectivity index is 0.000000847. The van der Waals surface area contributed by atoms with Gasteiger partial charge in [-0.1, -0.05) is 27.7 Å². The van der Waals surface area contributed by atoms with E-state index >= 15 is 0 Å². The summed E-state index contributed by atoms with van der Waals surface area (Å²) < 4.78 is 14.7. The largest absolute Gasteiger partial charge is 0.261 e. The summed E-state index contributed by atoms with van der Waals surface area (Å²) >= 11 is 6.11. The predicted octanol–water partition coefficient (Wildman–Crippen LogP) is 4.13. The molecule has 0 aliphatic heterocycles. The van der Waals surface area contributed by atoms with Crippen LogP contribution in [0.25, 0.3) is 17.0 Å². The molecule has 0 saturated carbocycles. The second-order valence-electron chi connectivity index (χ2n) is 4.70. The minimum Gasteiger partial charge on any atom is -0.261 e. The third-order valence-corrected chi connectivity index (χ3v) is 3.19. The van der Waals surface area contributed by atoms with Gasteiger partial charge in [0.05, 0.1) is 12.4 Å². The smallest absolute Gasteiger partial charge is 0.227 e. The van der Waals surface area contributed by atoms with Crippen LogP contribution in [0, 0.1) is 5.82 Å². The standard InChI is InChI=1S/C13H11ClFN5.C2H6/c1-7(2)10-6-17-20-12(10)18-11(19-13(20)14)8-3-9(15)5-16-4-8;1-2/h3-7H,1-2H3;1-2H3. The summed E-state index contributed by atoms with van der Waals surface area (Å²) in [6, 6.07) is 1.32. The second-order valence-corrected chi connectivity index (χ2v) is 5.04. The van der Waals surface area contributed by atoms with Crippen LogP contribution in [-0.2, 0) is 0 Å². The van der Waals surface area contributed by atoms with Gasteiger partial charge in [-0.25, -0.2) is 9.37 Å². The van der Waals surface area contributed by atoms with Crippen LogP contribution in [0.1, 0.15) is 39.2 Å². The zero-order chi connectivity index (χ0) is 16.3. The first-order chi connectivity index (χ1) is 10.6. The van der Waals surface area contributed by atoms with Crippen molar-refractivity contribution in [1.82, 2.24) is 24.6 Å². The minimum absolute atomic E-state index is 0.182. The Hall–Kier alpha value is -2.08. The van der Waals surface area contributed by atoms with Crippen LogP contribution >= 0.6 is 11.6 Å². The van der Waals surface area contributed by atoms with E-state index in [1.54, 1.807) is 6.20 Å². The molecule has 3 aromatic heterocycles. The van der Waals surface area contributed by atoms with Gasteiger partial charge in [-0.3, -0.25) is 4.98 Å². The van der Waals surface area contributed by atoms with E-state index in [-0.39, 0.29) is 11.2 Å². The van der Waals surface area contributed by atoms with Crippen LogP contribution < -0.4 is 0 Å². The van der Waals surface area contributed by atoms with Crippen molar-refractivity contribution in [2.24, 2.45) is 0 Å². The van der Waals surface area contributed by atoms with Crippen LogP contribution in [-0.4, -0.2) is 24.6 Å². The number of rotatable bonds is 2. The van der Waals surface area contributed by atoms with Crippen LogP contribution in [0.5, 0.6) is 0 Å².